The summed E-state index contributed by atoms with van der Waals surface area (Å²) in [5.74, 6) is 0.116. The number of hydrogen-bond donors (Lipinski definition) is 2. The Bertz CT molecular complexity index is 1920. The van der Waals surface area contributed by atoms with Gasteiger partial charge in [0.25, 0.3) is 0 Å². The van der Waals surface area contributed by atoms with Crippen LogP contribution >= 0.6 is 0 Å². The number of amides is 2. The molecule has 6 atom stereocenters. The Hall–Kier alpha value is -5.66. The summed E-state index contributed by atoms with van der Waals surface area (Å²) in [5.41, 5.74) is 0.963. The predicted molar refractivity (Wildman–Crippen MR) is 227 cm³/mol. The highest BCUT2D eigenvalue weighted by atomic mass is 16.6. The van der Waals surface area contributed by atoms with Crippen LogP contribution in [0.2, 0.25) is 0 Å². The van der Waals surface area contributed by atoms with Gasteiger partial charge >= 0.3 is 24.1 Å². The van der Waals surface area contributed by atoms with Crippen molar-refractivity contribution in [2.45, 2.75) is 103 Å². The van der Waals surface area contributed by atoms with Gasteiger partial charge in [-0.1, -0.05) is 50.2 Å². The van der Waals surface area contributed by atoms with Gasteiger partial charge in [0.05, 0.1) is 38.3 Å². The molecule has 2 fully saturated rings. The van der Waals surface area contributed by atoms with Crippen LogP contribution < -0.4 is 10.6 Å². The first-order chi connectivity index (χ1) is 28.3. The van der Waals surface area contributed by atoms with Crippen LogP contribution in [0.25, 0.3) is 11.4 Å². The fourth-order valence-electron chi connectivity index (χ4n) is 7.80. The lowest BCUT2D eigenvalue weighted by Crippen LogP contribution is -2.35. The molecule has 6 rings (SSSR count). The number of nitrogens with zero attached hydrogens (tertiary/aromatic N) is 4. The molecule has 2 aliphatic carbocycles. The third-order valence-corrected chi connectivity index (χ3v) is 10.9. The van der Waals surface area contributed by atoms with E-state index in [0.29, 0.717) is 25.9 Å². The Labute approximate surface area is 353 Å². The van der Waals surface area contributed by atoms with Crippen LogP contribution in [0.5, 0.6) is 0 Å². The van der Waals surface area contributed by atoms with Crippen molar-refractivity contribution in [2.75, 3.05) is 27.3 Å². The van der Waals surface area contributed by atoms with Crippen LogP contribution in [0.4, 0.5) is 9.59 Å². The molecule has 14 nitrogen and oxygen atoms in total. The number of methoxy groups -OCH3 is 2. The third kappa shape index (κ3) is 11.3. The lowest BCUT2D eigenvalue weighted by Gasteiger charge is -2.21. The van der Waals surface area contributed by atoms with Gasteiger partial charge in [-0.05, 0) is 115 Å². The van der Waals surface area contributed by atoms with E-state index in [0.717, 1.165) is 35.6 Å². The van der Waals surface area contributed by atoms with Gasteiger partial charge in [-0.2, -0.15) is 0 Å². The van der Waals surface area contributed by atoms with Crippen LogP contribution in [0.1, 0.15) is 92.5 Å². The second kappa shape index (κ2) is 18.7. The molecule has 2 aliphatic rings. The van der Waals surface area contributed by atoms with Crippen LogP contribution in [0.3, 0.4) is 0 Å². The molecular formula is C46H62N6O8. The van der Waals surface area contributed by atoms with E-state index >= 15 is 0 Å². The van der Waals surface area contributed by atoms with Gasteiger partial charge in [-0.3, -0.25) is 9.59 Å². The van der Waals surface area contributed by atoms with E-state index in [1.807, 2.05) is 124 Å². The smallest absolute Gasteiger partial charge is 0.407 e. The summed E-state index contributed by atoms with van der Waals surface area (Å²) in [6.07, 6.45) is 9.40. The molecule has 2 aromatic heterocycles. The minimum absolute atomic E-state index is 0.125. The molecule has 0 unspecified atom stereocenters. The Morgan fingerprint density at radius 2 is 1.00 bits per heavy atom. The van der Waals surface area contributed by atoms with Crippen molar-refractivity contribution in [3.05, 3.63) is 97.1 Å². The minimum Gasteiger partial charge on any atom is -0.468 e. The molecular weight excluding hydrogens is 765 g/mol. The molecule has 2 amide bonds. The van der Waals surface area contributed by atoms with Crippen molar-refractivity contribution in [1.82, 2.24) is 29.7 Å². The standard InChI is InChI=1S/2C23H31N3O4/c2*1-16(13-24-21(28)30-22(2,3)4)11-17-12-23(17,20(27)29-5)19-14-26(15-25-19)18-9-7-6-8-10-18/h2*6-10,14-17H,11-13H2,1-5H3,(H,24,28)/t16-,17+,23-;16-,17-,23+/m10/s1. The van der Waals surface area contributed by atoms with Crippen molar-refractivity contribution >= 4 is 24.1 Å². The number of alkyl carbamates (subject to hydrolysis) is 2. The molecule has 0 spiro atoms. The molecule has 0 saturated heterocycles. The van der Waals surface area contributed by atoms with Gasteiger partial charge in [-0.15, -0.1) is 0 Å². The molecule has 2 aromatic carbocycles. The van der Waals surface area contributed by atoms with Crippen LogP contribution in [-0.4, -0.2) is 81.7 Å². The van der Waals surface area contributed by atoms with Crippen molar-refractivity contribution in [2.24, 2.45) is 23.7 Å². The zero-order chi connectivity index (χ0) is 43.9. The molecule has 14 heteroatoms. The van der Waals surface area contributed by atoms with Gasteiger partial charge in [0.1, 0.15) is 22.0 Å². The Balaban J connectivity index is 0.000000228. The molecule has 2 N–H and O–H groups in total. The Morgan fingerprint density at radius 3 is 1.32 bits per heavy atom. The largest absolute Gasteiger partial charge is 0.468 e. The maximum Gasteiger partial charge on any atom is 0.407 e. The van der Waals surface area contributed by atoms with E-state index in [9.17, 15) is 19.2 Å². The third-order valence-electron chi connectivity index (χ3n) is 10.9. The average molecular weight is 827 g/mol. The van der Waals surface area contributed by atoms with Gasteiger partial charge in [0, 0.05) is 36.9 Å². The molecule has 0 aliphatic heterocycles. The number of rotatable bonds is 14. The second-order valence-corrected chi connectivity index (χ2v) is 18.2. The number of esters is 2. The number of ether oxygens (including phenoxy) is 4. The number of aromatic nitrogens is 4. The van der Waals surface area contributed by atoms with E-state index in [-0.39, 0.29) is 35.6 Å². The second-order valence-electron chi connectivity index (χ2n) is 18.2. The van der Waals surface area contributed by atoms with Gasteiger partial charge in [0.15, 0.2) is 0 Å². The van der Waals surface area contributed by atoms with Crippen molar-refractivity contribution < 1.29 is 38.1 Å². The highest BCUT2D eigenvalue weighted by Crippen LogP contribution is 2.58. The first-order valence-corrected chi connectivity index (χ1v) is 20.6. The fraction of sp³-hybridized carbons (Fsp3) is 0.522. The fourth-order valence-corrected chi connectivity index (χ4v) is 7.80. The number of imidazole rings is 2. The van der Waals surface area contributed by atoms with Gasteiger partial charge in [0.2, 0.25) is 0 Å². The van der Waals surface area contributed by atoms with Crippen molar-refractivity contribution in [3.63, 3.8) is 0 Å². The molecule has 60 heavy (non-hydrogen) atoms. The first kappa shape index (κ1) is 45.4. The Kier molecular flexibility index (Phi) is 14.2. The van der Waals surface area contributed by atoms with Crippen LogP contribution in [-0.2, 0) is 39.4 Å². The van der Waals surface area contributed by atoms with Crippen molar-refractivity contribution in [3.8, 4) is 11.4 Å². The molecule has 2 saturated carbocycles. The number of carbonyl (C=O) groups excluding carboxylic acids is 4. The lowest BCUT2D eigenvalue weighted by atomic mass is 9.94. The highest BCUT2D eigenvalue weighted by molar-refractivity contribution is 5.87. The number of carbonyl (C=O) groups is 4. The Morgan fingerprint density at radius 1 is 0.650 bits per heavy atom. The van der Waals surface area contributed by atoms with Gasteiger partial charge in [-0.25, -0.2) is 19.6 Å². The maximum absolute atomic E-state index is 12.7. The first-order valence-electron chi connectivity index (χ1n) is 20.6. The van der Waals surface area contributed by atoms with Crippen LogP contribution in [0, 0.1) is 23.7 Å². The minimum atomic E-state index is -0.713. The topological polar surface area (TPSA) is 165 Å². The number of benzene rings is 2. The number of hydrogen-bond acceptors (Lipinski definition) is 10. The van der Waals surface area contributed by atoms with E-state index in [1.165, 1.54) is 14.2 Å². The van der Waals surface area contributed by atoms with E-state index in [1.54, 1.807) is 12.7 Å². The lowest BCUT2D eigenvalue weighted by molar-refractivity contribution is -0.145. The summed E-state index contributed by atoms with van der Waals surface area (Å²) < 4.78 is 24.7. The van der Waals surface area contributed by atoms with E-state index < -0.39 is 34.2 Å². The summed E-state index contributed by atoms with van der Waals surface area (Å²) in [6.45, 7) is 16.1. The molecule has 4 aromatic rings. The SMILES string of the molecule is COC(=O)[C@]1(c2cn(-c3ccccc3)cn2)C[C@@H]1C[C@@H](C)CNC(=O)OC(C)(C)C.COC(=O)[C@]1(c2cn(-c3ccccc3)cn2)C[C@@H]1C[C@H](C)CNC(=O)OC(C)(C)C. The number of nitrogens with one attached hydrogen (secondary N) is 2. The molecule has 324 valence electrons. The summed E-state index contributed by atoms with van der Waals surface area (Å²) in [5, 5.41) is 5.62. The summed E-state index contributed by atoms with van der Waals surface area (Å²) in [6, 6.07) is 19.7. The summed E-state index contributed by atoms with van der Waals surface area (Å²) in [4.78, 5) is 58.2. The summed E-state index contributed by atoms with van der Waals surface area (Å²) >= 11 is 0. The molecule has 2 heterocycles. The quantitative estimate of drug-likeness (QED) is 0.0951. The van der Waals surface area contributed by atoms with Gasteiger partial charge < -0.3 is 38.7 Å². The van der Waals surface area contributed by atoms with E-state index in [2.05, 4.69) is 34.4 Å². The monoisotopic (exact) mass is 826 g/mol. The molecule has 0 bridgehead atoms. The van der Waals surface area contributed by atoms with E-state index in [4.69, 9.17) is 18.9 Å². The van der Waals surface area contributed by atoms with Crippen LogP contribution in [0.15, 0.2) is 85.7 Å². The normalized spacial score (nSPS) is 21.6. The summed E-state index contributed by atoms with van der Waals surface area (Å²) in [7, 11) is 2.84. The number of para-hydroxylation sites is 2. The average Bonchev–Trinajstić information content (AvgIpc) is 3.90. The zero-order valence-corrected chi connectivity index (χ0v) is 36.7. The molecule has 0 radical (unpaired) electrons. The van der Waals surface area contributed by atoms with Crippen molar-refractivity contribution in [1.29, 1.82) is 0 Å². The zero-order valence-electron chi connectivity index (χ0n) is 36.7. The highest BCUT2D eigenvalue weighted by Gasteiger charge is 2.64. The predicted octanol–water partition coefficient (Wildman–Crippen LogP) is 7.71. The maximum atomic E-state index is 12.7.